The van der Waals surface area contributed by atoms with E-state index in [2.05, 4.69) is 15.2 Å². The van der Waals surface area contributed by atoms with E-state index < -0.39 is 5.82 Å². The Morgan fingerprint density at radius 3 is 3.12 bits per heavy atom. The van der Waals surface area contributed by atoms with Crippen molar-refractivity contribution in [2.45, 2.75) is 25.2 Å². The third kappa shape index (κ3) is 4.14. The van der Waals surface area contributed by atoms with Crippen molar-refractivity contribution in [2.24, 2.45) is 5.73 Å². The molecule has 3 rings (SSSR count). The van der Waals surface area contributed by atoms with Crippen molar-refractivity contribution in [1.82, 2.24) is 20.1 Å². The highest BCUT2D eigenvalue weighted by Crippen LogP contribution is 2.28. The molecule has 0 bridgehead atoms. The van der Waals surface area contributed by atoms with Crippen molar-refractivity contribution < 1.29 is 13.9 Å². The van der Waals surface area contributed by atoms with Gasteiger partial charge in [-0.1, -0.05) is 0 Å². The number of nitrogens with zero attached hydrogens (tertiary/aromatic N) is 3. The van der Waals surface area contributed by atoms with Gasteiger partial charge in [-0.2, -0.15) is 5.10 Å². The first-order chi connectivity index (χ1) is 12.2. The second-order valence-corrected chi connectivity index (χ2v) is 6.09. The molecule has 134 valence electrons. The molecule has 1 atom stereocenters. The van der Waals surface area contributed by atoms with E-state index in [1.165, 1.54) is 24.5 Å². The lowest BCUT2D eigenvalue weighted by molar-refractivity contribution is 0.0699. The number of nitrogens with two attached hydrogens (primary N) is 1. The SMILES string of the molecule is NCCCOc1ccc(F)cc1C(=O)N1CCC[C@@H](c2ncn[nH]2)C1. The summed E-state index contributed by atoms with van der Waals surface area (Å²) in [7, 11) is 0. The molecule has 2 heterocycles. The van der Waals surface area contributed by atoms with Gasteiger partial charge in [-0.3, -0.25) is 9.89 Å². The first-order valence-corrected chi connectivity index (χ1v) is 8.46. The Labute approximate surface area is 145 Å². The minimum atomic E-state index is -0.460. The fraction of sp³-hybridized carbons (Fsp3) is 0.471. The van der Waals surface area contributed by atoms with E-state index in [9.17, 15) is 9.18 Å². The summed E-state index contributed by atoms with van der Waals surface area (Å²) in [4.78, 5) is 18.8. The van der Waals surface area contributed by atoms with Crippen molar-refractivity contribution in [1.29, 1.82) is 0 Å². The first-order valence-electron chi connectivity index (χ1n) is 8.46. The molecule has 0 unspecified atom stereocenters. The van der Waals surface area contributed by atoms with E-state index in [0.29, 0.717) is 38.4 Å². The number of amides is 1. The quantitative estimate of drug-likeness (QED) is 0.775. The number of aromatic nitrogens is 3. The maximum Gasteiger partial charge on any atom is 0.257 e. The van der Waals surface area contributed by atoms with E-state index in [0.717, 1.165) is 18.7 Å². The normalized spacial score (nSPS) is 17.5. The van der Waals surface area contributed by atoms with E-state index >= 15 is 0 Å². The Morgan fingerprint density at radius 2 is 2.36 bits per heavy atom. The predicted molar refractivity (Wildman–Crippen MR) is 89.8 cm³/mol. The van der Waals surface area contributed by atoms with Gasteiger partial charge in [0.05, 0.1) is 12.2 Å². The number of likely N-dealkylation sites (tertiary alicyclic amines) is 1. The molecule has 25 heavy (non-hydrogen) atoms. The van der Waals surface area contributed by atoms with E-state index in [1.807, 2.05) is 0 Å². The van der Waals surface area contributed by atoms with Gasteiger partial charge in [0.2, 0.25) is 0 Å². The second kappa shape index (κ2) is 8.06. The minimum Gasteiger partial charge on any atom is -0.493 e. The highest BCUT2D eigenvalue weighted by Gasteiger charge is 2.28. The zero-order valence-corrected chi connectivity index (χ0v) is 13.9. The smallest absolute Gasteiger partial charge is 0.257 e. The fourth-order valence-electron chi connectivity index (χ4n) is 3.03. The minimum absolute atomic E-state index is 0.107. The highest BCUT2D eigenvalue weighted by molar-refractivity contribution is 5.97. The van der Waals surface area contributed by atoms with Crippen molar-refractivity contribution in [3.63, 3.8) is 0 Å². The van der Waals surface area contributed by atoms with Crippen LogP contribution in [0.3, 0.4) is 0 Å². The summed E-state index contributed by atoms with van der Waals surface area (Å²) in [6, 6.07) is 4.03. The van der Waals surface area contributed by atoms with E-state index in [-0.39, 0.29) is 17.4 Å². The van der Waals surface area contributed by atoms with E-state index in [4.69, 9.17) is 10.5 Å². The monoisotopic (exact) mass is 347 g/mol. The molecule has 1 fully saturated rings. The first kappa shape index (κ1) is 17.3. The van der Waals surface area contributed by atoms with Crippen LogP contribution < -0.4 is 10.5 Å². The molecule has 1 aromatic carbocycles. The average molecular weight is 347 g/mol. The van der Waals surface area contributed by atoms with Crippen molar-refractivity contribution in [3.05, 3.63) is 41.7 Å². The van der Waals surface area contributed by atoms with Crippen LogP contribution in [-0.2, 0) is 0 Å². The molecule has 3 N–H and O–H groups in total. The van der Waals surface area contributed by atoms with Crippen LogP contribution in [0.1, 0.15) is 41.4 Å². The summed E-state index contributed by atoms with van der Waals surface area (Å²) in [5.74, 6) is 0.581. The summed E-state index contributed by atoms with van der Waals surface area (Å²) in [6.45, 7) is 2.04. The van der Waals surface area contributed by atoms with Crippen LogP contribution >= 0.6 is 0 Å². The van der Waals surface area contributed by atoms with Crippen LogP contribution in [0.15, 0.2) is 24.5 Å². The second-order valence-electron chi connectivity index (χ2n) is 6.09. The zero-order chi connectivity index (χ0) is 17.6. The lowest BCUT2D eigenvalue weighted by Gasteiger charge is -2.32. The number of hydrogen-bond acceptors (Lipinski definition) is 5. The lowest BCUT2D eigenvalue weighted by Crippen LogP contribution is -2.39. The van der Waals surface area contributed by atoms with Crippen LogP contribution in [0.25, 0.3) is 0 Å². The molecule has 1 amide bonds. The fourth-order valence-corrected chi connectivity index (χ4v) is 3.03. The third-order valence-corrected chi connectivity index (χ3v) is 4.31. The Kier molecular flexibility index (Phi) is 5.60. The van der Waals surface area contributed by atoms with Gasteiger partial charge in [-0.05, 0) is 44.0 Å². The summed E-state index contributed by atoms with van der Waals surface area (Å²) in [5.41, 5.74) is 5.71. The number of H-pyrrole nitrogens is 1. The average Bonchev–Trinajstić information content (AvgIpc) is 3.17. The highest BCUT2D eigenvalue weighted by atomic mass is 19.1. The molecular weight excluding hydrogens is 325 g/mol. The van der Waals surface area contributed by atoms with E-state index in [1.54, 1.807) is 4.90 Å². The van der Waals surface area contributed by atoms with Crippen LogP contribution in [-0.4, -0.2) is 52.2 Å². The lowest BCUT2D eigenvalue weighted by atomic mass is 9.96. The van der Waals surface area contributed by atoms with Crippen LogP contribution in [0.5, 0.6) is 5.75 Å². The Bertz CT molecular complexity index is 707. The van der Waals surface area contributed by atoms with Crippen LogP contribution in [0.4, 0.5) is 4.39 Å². The predicted octanol–water partition coefficient (Wildman–Crippen LogP) is 1.69. The van der Waals surface area contributed by atoms with Gasteiger partial charge in [-0.25, -0.2) is 9.37 Å². The van der Waals surface area contributed by atoms with Gasteiger partial charge in [-0.15, -0.1) is 0 Å². The molecule has 0 spiro atoms. The number of piperidine rings is 1. The number of carbonyl (C=O) groups is 1. The topological polar surface area (TPSA) is 97.1 Å². The van der Waals surface area contributed by atoms with Gasteiger partial charge in [0.25, 0.3) is 5.91 Å². The molecule has 7 nitrogen and oxygen atoms in total. The number of halogens is 1. The largest absolute Gasteiger partial charge is 0.493 e. The number of nitrogens with one attached hydrogen (secondary N) is 1. The van der Waals surface area contributed by atoms with Gasteiger partial charge >= 0.3 is 0 Å². The molecule has 0 aliphatic carbocycles. The van der Waals surface area contributed by atoms with Gasteiger partial charge < -0.3 is 15.4 Å². The van der Waals surface area contributed by atoms with Crippen molar-refractivity contribution in [3.8, 4) is 5.75 Å². The molecule has 8 heteroatoms. The summed E-state index contributed by atoms with van der Waals surface area (Å²) in [5, 5.41) is 6.74. The standard InChI is InChI=1S/C17H22FN5O2/c18-13-4-5-15(25-8-2-6-19)14(9-13)17(24)23-7-1-3-12(10-23)16-20-11-21-22-16/h4-5,9,11-12H,1-3,6-8,10,19H2,(H,20,21,22)/t12-/m1/s1. The molecular formula is C17H22FN5O2. The summed E-state index contributed by atoms with van der Waals surface area (Å²) >= 11 is 0. The molecule has 0 radical (unpaired) electrons. The molecule has 1 aliphatic rings. The molecule has 0 saturated carbocycles. The van der Waals surface area contributed by atoms with Crippen LogP contribution in [0.2, 0.25) is 0 Å². The molecule has 1 aromatic heterocycles. The number of hydrogen-bond donors (Lipinski definition) is 2. The number of carbonyl (C=O) groups excluding carboxylic acids is 1. The van der Waals surface area contributed by atoms with Gasteiger partial charge in [0.1, 0.15) is 23.7 Å². The van der Waals surface area contributed by atoms with Crippen molar-refractivity contribution in [2.75, 3.05) is 26.2 Å². The molecule has 1 aliphatic heterocycles. The molecule has 2 aromatic rings. The number of rotatable bonds is 6. The van der Waals surface area contributed by atoms with Gasteiger partial charge in [0.15, 0.2) is 0 Å². The van der Waals surface area contributed by atoms with Crippen molar-refractivity contribution >= 4 is 5.91 Å². The third-order valence-electron chi connectivity index (χ3n) is 4.31. The number of benzene rings is 1. The maximum absolute atomic E-state index is 13.7. The molecule has 1 saturated heterocycles. The Hall–Kier alpha value is -2.48. The summed E-state index contributed by atoms with van der Waals surface area (Å²) < 4.78 is 19.3. The van der Waals surface area contributed by atoms with Gasteiger partial charge in [0, 0.05) is 19.0 Å². The Balaban J connectivity index is 1.76. The number of ether oxygens (including phenoxy) is 1. The number of aromatic amines is 1. The zero-order valence-electron chi connectivity index (χ0n) is 13.9. The van der Waals surface area contributed by atoms with Crippen LogP contribution in [0, 0.1) is 5.82 Å². The maximum atomic E-state index is 13.7. The summed E-state index contributed by atoms with van der Waals surface area (Å²) in [6.07, 6.45) is 3.92. The Morgan fingerprint density at radius 1 is 1.48 bits per heavy atom.